The molecular weight excluding hydrogens is 370 g/mol. The predicted molar refractivity (Wildman–Crippen MR) is 121 cm³/mol. The highest BCUT2D eigenvalue weighted by molar-refractivity contribution is 5.80. The molecule has 1 heterocycles. The predicted octanol–water partition coefficient (Wildman–Crippen LogP) is 1.07. The molecule has 0 spiro atoms. The van der Waals surface area contributed by atoms with E-state index in [0.717, 1.165) is 52.0 Å². The molecule has 1 fully saturated rings. The summed E-state index contributed by atoms with van der Waals surface area (Å²) in [5, 5.41) is 3.36. The van der Waals surface area contributed by atoms with Crippen molar-refractivity contribution in [1.82, 2.24) is 5.32 Å². The Labute approximate surface area is 180 Å². The molecule has 2 atom stereocenters. The topological polar surface area (TPSA) is 38.0 Å². The van der Waals surface area contributed by atoms with Crippen LogP contribution in [0.5, 0.6) is 0 Å². The van der Waals surface area contributed by atoms with E-state index in [1.165, 1.54) is 21.6 Å². The lowest BCUT2D eigenvalue weighted by atomic mass is 9.87. The second-order valence-electron chi connectivity index (χ2n) is 8.80. The highest BCUT2D eigenvalue weighted by Gasteiger charge is 2.32. The van der Waals surface area contributed by atoms with Crippen LogP contribution in [-0.4, -0.2) is 44.7 Å². The second-order valence-corrected chi connectivity index (χ2v) is 8.80. The summed E-state index contributed by atoms with van der Waals surface area (Å²) >= 11 is 0. The van der Waals surface area contributed by atoms with Gasteiger partial charge in [0.25, 0.3) is 5.91 Å². The Morgan fingerprint density at radius 1 is 1.07 bits per heavy atom. The lowest BCUT2D eigenvalue weighted by Crippen LogP contribution is -3.30. The third kappa shape index (κ3) is 5.18. The average Bonchev–Trinajstić information content (AvgIpc) is 2.80. The van der Waals surface area contributed by atoms with Gasteiger partial charge in [0.05, 0.1) is 12.6 Å². The average molecular weight is 406 g/mol. The Hall–Kier alpha value is -2.43. The molecule has 0 saturated carbocycles. The van der Waals surface area contributed by atoms with Crippen molar-refractivity contribution in [1.29, 1.82) is 0 Å². The number of rotatable bonds is 6. The molecule has 2 aliphatic rings. The maximum Gasteiger partial charge on any atom is 0.278 e. The Morgan fingerprint density at radius 2 is 1.80 bits per heavy atom. The molecule has 1 amide bonds. The highest BCUT2D eigenvalue weighted by atomic mass is 16.2. The van der Waals surface area contributed by atoms with E-state index in [1.54, 1.807) is 4.90 Å². The van der Waals surface area contributed by atoms with Crippen molar-refractivity contribution in [2.75, 3.05) is 32.7 Å². The van der Waals surface area contributed by atoms with Crippen molar-refractivity contribution < 1.29 is 14.6 Å². The van der Waals surface area contributed by atoms with E-state index in [4.69, 9.17) is 0 Å². The van der Waals surface area contributed by atoms with Crippen LogP contribution in [0.1, 0.15) is 42.5 Å². The van der Waals surface area contributed by atoms with Gasteiger partial charge in [-0.15, -0.1) is 0 Å². The van der Waals surface area contributed by atoms with Gasteiger partial charge >= 0.3 is 0 Å². The molecule has 0 unspecified atom stereocenters. The summed E-state index contributed by atoms with van der Waals surface area (Å²) in [5.41, 5.74) is 3.98. The number of hydrogen-bond acceptors (Lipinski definition) is 1. The third-order valence-electron chi connectivity index (χ3n) is 6.81. The van der Waals surface area contributed by atoms with E-state index < -0.39 is 0 Å². The highest BCUT2D eigenvalue weighted by Crippen LogP contribution is 2.29. The lowest BCUT2D eigenvalue weighted by Gasteiger charge is -2.33. The molecule has 0 aromatic heterocycles. The quantitative estimate of drug-likeness (QED) is 0.661. The van der Waals surface area contributed by atoms with Crippen LogP contribution in [0, 0.1) is 0 Å². The van der Waals surface area contributed by atoms with Crippen molar-refractivity contribution in [3.05, 3.63) is 77.4 Å². The number of hydrogen-bond donors (Lipinski definition) is 3. The summed E-state index contributed by atoms with van der Waals surface area (Å²) < 4.78 is 0. The first-order valence-corrected chi connectivity index (χ1v) is 11.5. The second kappa shape index (κ2) is 10.1. The Bertz CT molecular complexity index is 856. The first kappa shape index (κ1) is 20.8. The first-order chi connectivity index (χ1) is 14.7. The molecule has 2 aromatic carbocycles. The number of fused-ring (bicyclic) bond motifs is 1. The number of quaternary nitrogens is 2. The van der Waals surface area contributed by atoms with E-state index in [0.29, 0.717) is 0 Å². The molecule has 4 heteroatoms. The molecule has 1 saturated heterocycles. The van der Waals surface area contributed by atoms with Gasteiger partial charge in [0.2, 0.25) is 0 Å². The molecule has 1 aliphatic carbocycles. The van der Waals surface area contributed by atoms with E-state index in [1.807, 2.05) is 0 Å². The SMILES string of the molecule is C[C@@H](C(=O)N[C@H]1CCCc2ccccc21)[NH+]1CC[NH+](C/C=C/c2ccccc2)CC1. The van der Waals surface area contributed by atoms with Crippen molar-refractivity contribution >= 4 is 12.0 Å². The van der Waals surface area contributed by atoms with Crippen LogP contribution in [0.15, 0.2) is 60.7 Å². The molecule has 4 nitrogen and oxygen atoms in total. The van der Waals surface area contributed by atoms with E-state index in [2.05, 4.69) is 79.0 Å². The van der Waals surface area contributed by atoms with Gasteiger partial charge in [-0.1, -0.05) is 60.7 Å². The summed E-state index contributed by atoms with van der Waals surface area (Å²) in [7, 11) is 0. The van der Waals surface area contributed by atoms with Crippen molar-refractivity contribution in [2.45, 2.75) is 38.3 Å². The maximum atomic E-state index is 13.0. The Balaban J connectivity index is 1.25. The van der Waals surface area contributed by atoms with Gasteiger partial charge in [0.1, 0.15) is 26.2 Å². The van der Waals surface area contributed by atoms with Crippen LogP contribution in [0.2, 0.25) is 0 Å². The Kier molecular flexibility index (Phi) is 6.98. The molecule has 2 aromatic rings. The van der Waals surface area contributed by atoms with Gasteiger partial charge in [-0.2, -0.15) is 0 Å². The fourth-order valence-electron chi connectivity index (χ4n) is 4.87. The fraction of sp³-hybridized carbons (Fsp3) is 0.423. The normalized spacial score (nSPS) is 24.9. The number of carbonyl (C=O) groups excluding carboxylic acids is 1. The van der Waals surface area contributed by atoms with Gasteiger partial charge in [-0.25, -0.2) is 0 Å². The number of nitrogens with one attached hydrogen (secondary N) is 3. The molecule has 158 valence electrons. The summed E-state index contributed by atoms with van der Waals surface area (Å²) in [6.45, 7) is 7.52. The largest absolute Gasteiger partial charge is 0.344 e. The van der Waals surface area contributed by atoms with Crippen molar-refractivity contribution in [3.63, 3.8) is 0 Å². The van der Waals surface area contributed by atoms with Crippen LogP contribution in [0.3, 0.4) is 0 Å². The molecule has 3 N–H and O–H groups in total. The smallest absolute Gasteiger partial charge is 0.278 e. The maximum absolute atomic E-state index is 13.0. The monoisotopic (exact) mass is 405 g/mol. The molecule has 30 heavy (non-hydrogen) atoms. The van der Waals surface area contributed by atoms with Crippen LogP contribution in [0.25, 0.3) is 6.08 Å². The number of benzene rings is 2. The van der Waals surface area contributed by atoms with Crippen LogP contribution < -0.4 is 15.1 Å². The summed E-state index contributed by atoms with van der Waals surface area (Å²) in [5.74, 6) is 0.208. The number of piperazine rings is 1. The summed E-state index contributed by atoms with van der Waals surface area (Å²) in [6, 6.07) is 19.3. The minimum absolute atomic E-state index is 0.0144. The lowest BCUT2D eigenvalue weighted by molar-refractivity contribution is -1.02. The van der Waals surface area contributed by atoms with E-state index >= 15 is 0 Å². The summed E-state index contributed by atoms with van der Waals surface area (Å²) in [6.07, 6.45) is 7.83. The molecular formula is C26H35N3O+2. The zero-order valence-corrected chi connectivity index (χ0v) is 18.1. The molecule has 1 aliphatic heterocycles. The molecule has 0 bridgehead atoms. The van der Waals surface area contributed by atoms with Crippen LogP contribution in [0.4, 0.5) is 0 Å². The van der Waals surface area contributed by atoms with E-state index in [-0.39, 0.29) is 18.0 Å². The van der Waals surface area contributed by atoms with E-state index in [9.17, 15) is 4.79 Å². The zero-order valence-electron chi connectivity index (χ0n) is 18.1. The number of aryl methyl sites for hydroxylation is 1. The van der Waals surface area contributed by atoms with Crippen molar-refractivity contribution in [3.8, 4) is 0 Å². The third-order valence-corrected chi connectivity index (χ3v) is 6.81. The van der Waals surface area contributed by atoms with Crippen molar-refractivity contribution in [2.24, 2.45) is 0 Å². The standard InChI is InChI=1S/C26H33N3O/c1-21(26(30)27-25-15-7-13-23-12-5-6-14-24(23)25)29-19-17-28(18-20-29)16-8-11-22-9-3-2-4-10-22/h2-6,8-12,14,21,25H,7,13,15-20H2,1H3,(H,27,30)/p+2/b11-8+/t21-,25-/m0/s1. The van der Waals surface area contributed by atoms with Gasteiger partial charge in [-0.05, 0) is 49.0 Å². The van der Waals surface area contributed by atoms with Gasteiger partial charge < -0.3 is 15.1 Å². The Morgan fingerprint density at radius 3 is 2.60 bits per heavy atom. The van der Waals surface area contributed by atoms with Crippen LogP contribution in [-0.2, 0) is 11.2 Å². The zero-order chi connectivity index (χ0) is 20.8. The van der Waals surface area contributed by atoms with Gasteiger partial charge in [0, 0.05) is 0 Å². The van der Waals surface area contributed by atoms with Crippen LogP contribution >= 0.6 is 0 Å². The first-order valence-electron chi connectivity index (χ1n) is 11.5. The fourth-order valence-corrected chi connectivity index (χ4v) is 4.87. The minimum Gasteiger partial charge on any atom is -0.344 e. The number of carbonyl (C=O) groups is 1. The van der Waals surface area contributed by atoms with Gasteiger partial charge in [0.15, 0.2) is 6.04 Å². The minimum atomic E-state index is 0.0144. The summed E-state index contributed by atoms with van der Waals surface area (Å²) in [4.78, 5) is 16.0. The molecule has 0 radical (unpaired) electrons. The molecule has 4 rings (SSSR count). The van der Waals surface area contributed by atoms with Gasteiger partial charge in [-0.3, -0.25) is 4.79 Å². The number of amides is 1.